The second-order valence-corrected chi connectivity index (χ2v) is 6.13. The first-order valence-electron chi connectivity index (χ1n) is 6.89. The molecule has 1 atom stereocenters. The number of amides is 1. The highest BCUT2D eigenvalue weighted by Gasteiger charge is 2.32. The summed E-state index contributed by atoms with van der Waals surface area (Å²) in [5.41, 5.74) is 1.05. The van der Waals surface area contributed by atoms with E-state index in [1.807, 2.05) is 23.1 Å². The van der Waals surface area contributed by atoms with Crippen LogP contribution in [0.15, 0.2) is 22.7 Å². The summed E-state index contributed by atoms with van der Waals surface area (Å²) in [4.78, 5) is 14.1. The van der Waals surface area contributed by atoms with Crippen LogP contribution in [0.3, 0.4) is 0 Å². The first-order valence-corrected chi connectivity index (χ1v) is 7.69. The minimum atomic E-state index is -0.0823. The Labute approximate surface area is 128 Å². The topological polar surface area (TPSA) is 41.6 Å². The molecule has 20 heavy (non-hydrogen) atoms. The van der Waals surface area contributed by atoms with Crippen LogP contribution in [0.4, 0.5) is 0 Å². The maximum Gasteiger partial charge on any atom is 0.240 e. The van der Waals surface area contributed by atoms with Gasteiger partial charge in [0, 0.05) is 24.7 Å². The van der Waals surface area contributed by atoms with Crippen LogP contribution in [0.1, 0.15) is 25.8 Å². The van der Waals surface area contributed by atoms with E-state index in [9.17, 15) is 4.79 Å². The van der Waals surface area contributed by atoms with Crippen LogP contribution < -0.4 is 10.1 Å². The van der Waals surface area contributed by atoms with E-state index in [2.05, 4.69) is 35.1 Å². The highest BCUT2D eigenvalue weighted by atomic mass is 79.9. The van der Waals surface area contributed by atoms with Crippen molar-refractivity contribution < 1.29 is 9.53 Å². The molecule has 1 amide bonds. The molecule has 0 aliphatic carbocycles. The Balaban J connectivity index is 2.00. The zero-order chi connectivity index (χ0) is 14.7. The largest absolute Gasteiger partial charge is 0.495 e. The number of carbonyl (C=O) groups is 1. The van der Waals surface area contributed by atoms with E-state index in [1.54, 1.807) is 7.11 Å². The number of benzene rings is 1. The van der Waals surface area contributed by atoms with Gasteiger partial charge >= 0.3 is 0 Å². The van der Waals surface area contributed by atoms with E-state index >= 15 is 0 Å². The van der Waals surface area contributed by atoms with Crippen LogP contribution in [-0.2, 0) is 11.3 Å². The number of hydrogen-bond donors (Lipinski definition) is 1. The summed E-state index contributed by atoms with van der Waals surface area (Å²) in [6, 6.07) is 6.12. The number of hydrogen-bond acceptors (Lipinski definition) is 3. The van der Waals surface area contributed by atoms with E-state index in [0.29, 0.717) is 6.54 Å². The molecule has 1 aliphatic heterocycles. The Morgan fingerprint density at radius 3 is 2.85 bits per heavy atom. The maximum atomic E-state index is 12.2. The minimum absolute atomic E-state index is 0.0823. The summed E-state index contributed by atoms with van der Waals surface area (Å²) >= 11 is 3.47. The molecule has 0 aromatic heterocycles. The molecule has 0 radical (unpaired) electrons. The van der Waals surface area contributed by atoms with Crippen LogP contribution in [0.5, 0.6) is 5.75 Å². The molecular formula is C15H21BrN2O2. The van der Waals surface area contributed by atoms with Gasteiger partial charge in [-0.1, -0.05) is 12.1 Å². The Hall–Kier alpha value is -1.07. The van der Waals surface area contributed by atoms with Crippen LogP contribution in [0.25, 0.3) is 0 Å². The summed E-state index contributed by atoms with van der Waals surface area (Å²) in [6.45, 7) is 5.57. The van der Waals surface area contributed by atoms with E-state index in [4.69, 9.17) is 4.74 Å². The molecule has 1 heterocycles. The quantitative estimate of drug-likeness (QED) is 0.895. The molecule has 1 aromatic carbocycles. The molecule has 4 nitrogen and oxygen atoms in total. The van der Waals surface area contributed by atoms with Crippen LogP contribution in [0, 0.1) is 0 Å². The van der Waals surface area contributed by atoms with Crippen molar-refractivity contribution >= 4 is 21.8 Å². The predicted molar refractivity (Wildman–Crippen MR) is 82.8 cm³/mol. The fraction of sp³-hybridized carbons (Fsp3) is 0.533. The third kappa shape index (κ3) is 3.15. The monoisotopic (exact) mass is 340 g/mol. The summed E-state index contributed by atoms with van der Waals surface area (Å²) in [5.74, 6) is 1.03. The van der Waals surface area contributed by atoms with Gasteiger partial charge in [-0.25, -0.2) is 0 Å². The van der Waals surface area contributed by atoms with Gasteiger partial charge in [-0.2, -0.15) is 0 Å². The zero-order valence-corrected chi connectivity index (χ0v) is 13.7. The highest BCUT2D eigenvalue weighted by Crippen LogP contribution is 2.28. The first kappa shape index (κ1) is 15.3. The molecule has 1 saturated heterocycles. The number of rotatable bonds is 5. The lowest BCUT2D eigenvalue weighted by atomic mass is 10.1. The lowest BCUT2D eigenvalue weighted by Gasteiger charge is -2.21. The van der Waals surface area contributed by atoms with Crippen molar-refractivity contribution in [2.24, 2.45) is 0 Å². The number of carbonyl (C=O) groups excluding carboxylic acids is 1. The smallest absolute Gasteiger partial charge is 0.240 e. The molecule has 1 N–H and O–H groups in total. The number of halogens is 1. The average Bonchev–Trinajstić information content (AvgIpc) is 2.78. The lowest BCUT2D eigenvalue weighted by Crippen LogP contribution is -2.40. The fourth-order valence-corrected chi connectivity index (χ4v) is 3.13. The van der Waals surface area contributed by atoms with E-state index in [0.717, 1.165) is 28.8 Å². The van der Waals surface area contributed by atoms with Gasteiger partial charge in [0.05, 0.1) is 17.6 Å². The van der Waals surface area contributed by atoms with Gasteiger partial charge in [0.2, 0.25) is 5.91 Å². The summed E-state index contributed by atoms with van der Waals surface area (Å²) in [6.07, 6.45) is 0.868. The second kappa shape index (κ2) is 6.59. The van der Waals surface area contributed by atoms with Crippen molar-refractivity contribution in [3.05, 3.63) is 28.2 Å². The normalized spacial score (nSPS) is 18.9. The van der Waals surface area contributed by atoms with Gasteiger partial charge in [0.25, 0.3) is 0 Å². The van der Waals surface area contributed by atoms with E-state index in [-0.39, 0.29) is 18.0 Å². The SMILES string of the molecule is COc1c(Br)cccc1CN[C@H]1CCN(C(C)C)C1=O. The third-order valence-corrected chi connectivity index (χ3v) is 4.28. The Bertz CT molecular complexity index is 491. The fourth-order valence-electron chi connectivity index (χ4n) is 2.56. The molecule has 0 spiro atoms. The molecule has 1 aromatic rings. The van der Waals surface area contributed by atoms with Crippen molar-refractivity contribution in [2.75, 3.05) is 13.7 Å². The molecule has 0 saturated carbocycles. The maximum absolute atomic E-state index is 12.2. The summed E-state index contributed by atoms with van der Waals surface area (Å²) < 4.78 is 6.33. The first-order chi connectivity index (χ1) is 9.54. The van der Waals surface area contributed by atoms with Crippen molar-refractivity contribution in [3.63, 3.8) is 0 Å². The lowest BCUT2D eigenvalue weighted by molar-refractivity contribution is -0.130. The number of nitrogens with zero attached hydrogens (tertiary/aromatic N) is 1. The van der Waals surface area contributed by atoms with Gasteiger partial charge in [-0.15, -0.1) is 0 Å². The Morgan fingerprint density at radius 2 is 2.25 bits per heavy atom. The number of likely N-dealkylation sites (tertiary alicyclic amines) is 1. The van der Waals surface area contributed by atoms with Gasteiger partial charge in [0.1, 0.15) is 5.75 Å². The molecule has 5 heteroatoms. The molecule has 0 bridgehead atoms. The van der Waals surface area contributed by atoms with Crippen molar-refractivity contribution in [1.82, 2.24) is 10.2 Å². The third-order valence-electron chi connectivity index (χ3n) is 3.65. The van der Waals surface area contributed by atoms with Gasteiger partial charge < -0.3 is 15.0 Å². The van der Waals surface area contributed by atoms with Crippen LogP contribution in [0.2, 0.25) is 0 Å². The van der Waals surface area contributed by atoms with Gasteiger partial charge in [0.15, 0.2) is 0 Å². The zero-order valence-electron chi connectivity index (χ0n) is 12.1. The number of nitrogens with one attached hydrogen (secondary N) is 1. The summed E-state index contributed by atoms with van der Waals surface area (Å²) in [7, 11) is 1.66. The summed E-state index contributed by atoms with van der Waals surface area (Å²) in [5, 5.41) is 3.34. The van der Waals surface area contributed by atoms with Gasteiger partial charge in [-0.05, 0) is 42.3 Å². The van der Waals surface area contributed by atoms with Crippen LogP contribution in [-0.4, -0.2) is 36.5 Å². The molecule has 1 fully saturated rings. The predicted octanol–water partition coefficient (Wildman–Crippen LogP) is 2.56. The molecule has 1 aliphatic rings. The van der Waals surface area contributed by atoms with Crippen LogP contribution >= 0.6 is 15.9 Å². The Kier molecular flexibility index (Phi) is 5.05. The number of para-hydroxylation sites is 1. The second-order valence-electron chi connectivity index (χ2n) is 5.28. The number of methoxy groups -OCH3 is 1. The van der Waals surface area contributed by atoms with Crippen molar-refractivity contribution in [2.45, 2.75) is 38.9 Å². The molecule has 2 rings (SSSR count). The van der Waals surface area contributed by atoms with E-state index in [1.165, 1.54) is 0 Å². The number of ether oxygens (including phenoxy) is 1. The molecule has 0 unspecified atom stereocenters. The standard InChI is InChI=1S/C15H21BrN2O2/c1-10(2)18-8-7-13(15(18)19)17-9-11-5-4-6-12(16)14(11)20-3/h4-6,10,13,17H,7-9H2,1-3H3/t13-/m0/s1. The molecular weight excluding hydrogens is 320 g/mol. The minimum Gasteiger partial charge on any atom is -0.495 e. The highest BCUT2D eigenvalue weighted by molar-refractivity contribution is 9.10. The van der Waals surface area contributed by atoms with E-state index < -0.39 is 0 Å². The van der Waals surface area contributed by atoms with Crippen molar-refractivity contribution in [1.29, 1.82) is 0 Å². The Morgan fingerprint density at radius 1 is 1.50 bits per heavy atom. The van der Waals surface area contributed by atoms with Crippen molar-refractivity contribution in [3.8, 4) is 5.75 Å². The average molecular weight is 341 g/mol. The van der Waals surface area contributed by atoms with Gasteiger partial charge in [-0.3, -0.25) is 4.79 Å². The molecule has 110 valence electrons.